The zero-order valence-electron chi connectivity index (χ0n) is 25.6. The summed E-state index contributed by atoms with van der Waals surface area (Å²) in [6.07, 6.45) is 0. The summed E-state index contributed by atoms with van der Waals surface area (Å²) in [5.74, 6) is 0. The summed E-state index contributed by atoms with van der Waals surface area (Å²) in [5.41, 5.74) is 9.22. The van der Waals surface area contributed by atoms with Gasteiger partial charge in [-0.15, -0.1) is 0 Å². The number of benzene rings is 9. The van der Waals surface area contributed by atoms with Crippen LogP contribution in [0.15, 0.2) is 174 Å². The first-order chi connectivity index (χ1) is 23.3. The molecule has 0 aliphatic carbocycles. The fourth-order valence-corrected chi connectivity index (χ4v) is 7.65. The van der Waals surface area contributed by atoms with Crippen molar-refractivity contribution < 1.29 is 4.42 Å². The van der Waals surface area contributed by atoms with E-state index in [0.29, 0.717) is 0 Å². The molecule has 218 valence electrons. The van der Waals surface area contributed by atoms with E-state index in [4.69, 9.17) is 4.42 Å². The number of rotatable bonds is 3. The lowest BCUT2D eigenvalue weighted by Gasteiger charge is -2.20. The molecule has 0 aliphatic rings. The maximum absolute atomic E-state index is 6.23. The van der Waals surface area contributed by atoms with Crippen LogP contribution in [0.2, 0.25) is 0 Å². The Kier molecular flexibility index (Phi) is 5.64. The van der Waals surface area contributed by atoms with Crippen LogP contribution in [-0.4, -0.2) is 0 Å². The van der Waals surface area contributed by atoms with Gasteiger partial charge < -0.3 is 4.42 Å². The summed E-state index contributed by atoms with van der Waals surface area (Å²) in [6.45, 7) is 0. The first kappa shape index (κ1) is 26.1. The van der Waals surface area contributed by atoms with Gasteiger partial charge in [-0.2, -0.15) is 0 Å². The van der Waals surface area contributed by atoms with Gasteiger partial charge in [-0.3, -0.25) is 0 Å². The largest absolute Gasteiger partial charge is 0.456 e. The third-order valence-electron chi connectivity index (χ3n) is 9.83. The molecule has 0 radical (unpaired) electrons. The highest BCUT2D eigenvalue weighted by atomic mass is 16.3. The lowest BCUT2D eigenvalue weighted by molar-refractivity contribution is 0.669. The van der Waals surface area contributed by atoms with Crippen LogP contribution in [0.25, 0.3) is 98.4 Å². The molecule has 0 saturated carbocycles. The minimum absolute atomic E-state index is 0.912. The van der Waals surface area contributed by atoms with Gasteiger partial charge in [0.25, 0.3) is 0 Å². The van der Waals surface area contributed by atoms with Crippen molar-refractivity contribution in [3.8, 4) is 33.4 Å². The van der Waals surface area contributed by atoms with Gasteiger partial charge in [-0.05, 0) is 107 Å². The molecule has 1 nitrogen and oxygen atoms in total. The van der Waals surface area contributed by atoms with Gasteiger partial charge in [-0.1, -0.05) is 140 Å². The second-order valence-electron chi connectivity index (χ2n) is 12.5. The molecular formula is C46H28O. The lowest BCUT2D eigenvalue weighted by atomic mass is 9.83. The average molecular weight is 597 g/mol. The highest BCUT2D eigenvalue weighted by Crippen LogP contribution is 2.47. The van der Waals surface area contributed by atoms with Crippen molar-refractivity contribution in [1.29, 1.82) is 0 Å². The Hall–Kier alpha value is -6.18. The first-order valence-corrected chi connectivity index (χ1v) is 16.2. The third kappa shape index (κ3) is 4.03. The predicted molar refractivity (Wildman–Crippen MR) is 200 cm³/mol. The van der Waals surface area contributed by atoms with E-state index in [9.17, 15) is 0 Å². The number of para-hydroxylation sites is 1. The molecular weight excluding hydrogens is 569 g/mol. The quantitative estimate of drug-likeness (QED) is 0.185. The van der Waals surface area contributed by atoms with E-state index < -0.39 is 0 Å². The normalized spacial score (nSPS) is 11.8. The Morgan fingerprint density at radius 3 is 1.72 bits per heavy atom. The fourth-order valence-electron chi connectivity index (χ4n) is 7.65. The number of fused-ring (bicyclic) bond motifs is 7. The Balaban J connectivity index is 1.34. The molecule has 0 aliphatic heterocycles. The van der Waals surface area contributed by atoms with Gasteiger partial charge in [0.1, 0.15) is 11.2 Å². The van der Waals surface area contributed by atoms with Crippen molar-refractivity contribution >= 4 is 65.0 Å². The Bertz CT molecular complexity index is 2850. The van der Waals surface area contributed by atoms with Gasteiger partial charge in [-0.25, -0.2) is 0 Å². The molecule has 0 fully saturated rings. The Morgan fingerprint density at radius 1 is 0.277 bits per heavy atom. The van der Waals surface area contributed by atoms with E-state index in [1.54, 1.807) is 0 Å². The molecule has 0 amide bonds. The van der Waals surface area contributed by atoms with E-state index >= 15 is 0 Å². The van der Waals surface area contributed by atoms with Gasteiger partial charge in [0.15, 0.2) is 0 Å². The second-order valence-corrected chi connectivity index (χ2v) is 12.5. The van der Waals surface area contributed by atoms with Gasteiger partial charge in [0, 0.05) is 10.8 Å². The van der Waals surface area contributed by atoms with Crippen molar-refractivity contribution in [3.63, 3.8) is 0 Å². The topological polar surface area (TPSA) is 13.1 Å². The molecule has 0 saturated heterocycles. The van der Waals surface area contributed by atoms with Crippen LogP contribution in [0.5, 0.6) is 0 Å². The van der Waals surface area contributed by atoms with Crippen LogP contribution in [0.4, 0.5) is 0 Å². The number of hydrogen-bond donors (Lipinski definition) is 0. The molecule has 0 unspecified atom stereocenters. The summed E-state index contributed by atoms with van der Waals surface area (Å²) in [5, 5.41) is 12.3. The molecule has 47 heavy (non-hydrogen) atoms. The Morgan fingerprint density at radius 2 is 0.851 bits per heavy atom. The first-order valence-electron chi connectivity index (χ1n) is 16.2. The maximum atomic E-state index is 6.23. The van der Waals surface area contributed by atoms with Gasteiger partial charge >= 0.3 is 0 Å². The van der Waals surface area contributed by atoms with Crippen molar-refractivity contribution in [2.24, 2.45) is 0 Å². The molecule has 10 rings (SSSR count). The van der Waals surface area contributed by atoms with Crippen molar-refractivity contribution in [2.45, 2.75) is 0 Å². The fraction of sp³-hybridized carbons (Fsp3) is 0. The van der Waals surface area contributed by atoms with E-state index in [1.165, 1.54) is 76.5 Å². The van der Waals surface area contributed by atoms with Crippen LogP contribution in [0.1, 0.15) is 0 Å². The Labute approximate surface area is 271 Å². The summed E-state index contributed by atoms with van der Waals surface area (Å²) in [7, 11) is 0. The van der Waals surface area contributed by atoms with E-state index in [1.807, 2.05) is 12.1 Å². The monoisotopic (exact) mass is 596 g/mol. The van der Waals surface area contributed by atoms with E-state index in [0.717, 1.165) is 21.9 Å². The smallest absolute Gasteiger partial charge is 0.135 e. The highest BCUT2D eigenvalue weighted by Gasteiger charge is 2.20. The second kappa shape index (κ2) is 10.2. The summed E-state index contributed by atoms with van der Waals surface area (Å²) >= 11 is 0. The zero-order valence-corrected chi connectivity index (χ0v) is 25.6. The number of hydrogen-bond acceptors (Lipinski definition) is 1. The molecule has 0 bridgehead atoms. The lowest BCUT2D eigenvalue weighted by Crippen LogP contribution is -1.92. The minimum Gasteiger partial charge on any atom is -0.456 e. The number of furan rings is 1. The van der Waals surface area contributed by atoms with Crippen LogP contribution < -0.4 is 0 Å². The van der Waals surface area contributed by atoms with Gasteiger partial charge in [0.05, 0.1) is 0 Å². The van der Waals surface area contributed by atoms with Gasteiger partial charge in [0.2, 0.25) is 0 Å². The van der Waals surface area contributed by atoms with Crippen molar-refractivity contribution in [2.75, 3.05) is 0 Å². The van der Waals surface area contributed by atoms with E-state index in [2.05, 4.69) is 158 Å². The summed E-state index contributed by atoms with van der Waals surface area (Å²) in [4.78, 5) is 0. The zero-order chi connectivity index (χ0) is 30.9. The predicted octanol–water partition coefficient (Wildman–Crippen LogP) is 13.2. The highest BCUT2D eigenvalue weighted by molar-refractivity contribution is 6.24. The van der Waals surface area contributed by atoms with Crippen LogP contribution in [0.3, 0.4) is 0 Å². The average Bonchev–Trinajstić information content (AvgIpc) is 3.51. The van der Waals surface area contributed by atoms with Crippen molar-refractivity contribution in [3.05, 3.63) is 170 Å². The molecule has 1 heteroatoms. The van der Waals surface area contributed by atoms with Crippen LogP contribution in [-0.2, 0) is 0 Å². The SMILES string of the molecule is c1ccc2cc(-c3ccc4c(-c5ccc6oc7ccccc7c6c5)c5ccccc5c(-c5cccc6ccccc56)c4c3)ccc2c1. The molecule has 1 heterocycles. The maximum Gasteiger partial charge on any atom is 0.135 e. The molecule has 0 spiro atoms. The third-order valence-corrected chi connectivity index (χ3v) is 9.83. The van der Waals surface area contributed by atoms with Crippen LogP contribution >= 0.6 is 0 Å². The molecule has 10 aromatic rings. The molecule has 0 N–H and O–H groups in total. The molecule has 9 aromatic carbocycles. The molecule has 1 aromatic heterocycles. The van der Waals surface area contributed by atoms with E-state index in [-0.39, 0.29) is 0 Å². The summed E-state index contributed by atoms with van der Waals surface area (Å²) < 4.78 is 6.23. The summed E-state index contributed by atoms with van der Waals surface area (Å²) in [6, 6.07) is 61.8. The van der Waals surface area contributed by atoms with Crippen molar-refractivity contribution in [1.82, 2.24) is 0 Å². The van der Waals surface area contributed by atoms with Crippen LogP contribution in [0, 0.1) is 0 Å². The molecule has 0 atom stereocenters. The standard InChI is InChI=1S/C46H28O/c1-2-12-31-26-32(21-20-29(31)10-1)33-22-24-40-42(27-33)46(37-18-9-13-30-11-3-4-14-35(30)37)39-17-6-5-16-38(39)45(40)34-23-25-44-41(28-34)36-15-7-8-19-43(36)47-44/h1-28H. The minimum atomic E-state index is 0.912.